The maximum Gasteiger partial charge on any atom is 0.284 e. The first-order valence-electron chi connectivity index (χ1n) is 11.1. The Morgan fingerprint density at radius 3 is 2.67 bits per heavy atom. The van der Waals surface area contributed by atoms with Crippen LogP contribution < -0.4 is 26.0 Å². The van der Waals surface area contributed by atoms with Gasteiger partial charge in [-0.3, -0.25) is 14.9 Å². The number of fused-ring (bicyclic) bond motifs is 1. The highest BCUT2D eigenvalue weighted by Crippen LogP contribution is 2.30. The highest BCUT2D eigenvalue weighted by Gasteiger charge is 2.26. The lowest BCUT2D eigenvalue weighted by Gasteiger charge is -2.29. The van der Waals surface area contributed by atoms with Crippen molar-refractivity contribution in [2.75, 3.05) is 49.0 Å². The van der Waals surface area contributed by atoms with E-state index in [-0.39, 0.29) is 5.91 Å². The molecule has 1 aromatic heterocycles. The summed E-state index contributed by atoms with van der Waals surface area (Å²) < 4.78 is 5.20. The molecule has 2 heterocycles. The van der Waals surface area contributed by atoms with Crippen molar-refractivity contribution in [1.82, 2.24) is 9.88 Å². The van der Waals surface area contributed by atoms with Crippen LogP contribution in [0.25, 0.3) is 0 Å². The minimum atomic E-state index is -0.476. The lowest BCUT2D eigenvalue weighted by Crippen LogP contribution is -2.33. The Balaban J connectivity index is 1.50. The topological polar surface area (TPSA) is 139 Å². The summed E-state index contributed by atoms with van der Waals surface area (Å²) in [6.45, 7) is 0.910. The van der Waals surface area contributed by atoms with Gasteiger partial charge in [-0.2, -0.15) is 0 Å². The summed E-state index contributed by atoms with van der Waals surface area (Å²) in [6.07, 6.45) is 1.52. The average Bonchev–Trinajstić information content (AvgIpc) is 3.29. The number of nitrogens with zero attached hydrogens (tertiary/aromatic N) is 4. The Morgan fingerprint density at radius 1 is 1.25 bits per heavy atom. The predicted octanol–water partition coefficient (Wildman–Crippen LogP) is 3.60. The molecule has 0 radical (unpaired) electrons. The third-order valence-electron chi connectivity index (χ3n) is 5.66. The highest BCUT2D eigenvalue weighted by atomic mass is 32.1. The van der Waals surface area contributed by atoms with E-state index < -0.39 is 4.92 Å². The van der Waals surface area contributed by atoms with E-state index in [4.69, 9.17) is 10.5 Å². The summed E-state index contributed by atoms with van der Waals surface area (Å²) in [4.78, 5) is 33.0. The fourth-order valence-electron chi connectivity index (χ4n) is 3.73. The number of nitrogens with one attached hydrogen (secondary N) is 2. The fourth-order valence-corrected chi connectivity index (χ4v) is 4.75. The summed E-state index contributed by atoms with van der Waals surface area (Å²) >= 11 is 1.26. The SMILES string of the molecule is COc1ccc(N)c(NC(=O)c2nc3c(s2)CN(/C(=C\[N+](=O)[O-])Nc2ccc(N(C)C)cc2)CC3)c1. The Kier molecular flexibility index (Phi) is 7.25. The monoisotopic (exact) mass is 509 g/mol. The van der Waals surface area contributed by atoms with Gasteiger partial charge in [-0.05, 0) is 36.4 Å². The Bertz CT molecular complexity index is 1300. The molecule has 0 aliphatic carbocycles. The van der Waals surface area contributed by atoms with Crippen molar-refractivity contribution < 1.29 is 14.5 Å². The molecule has 0 unspecified atom stereocenters. The van der Waals surface area contributed by atoms with Crippen LogP contribution >= 0.6 is 11.3 Å². The Morgan fingerprint density at radius 2 is 2.00 bits per heavy atom. The number of ether oxygens (including phenoxy) is 1. The second-order valence-corrected chi connectivity index (χ2v) is 9.42. The number of carbonyl (C=O) groups excluding carboxylic acids is 1. The molecule has 4 rings (SSSR count). The van der Waals surface area contributed by atoms with Gasteiger partial charge in [-0.1, -0.05) is 0 Å². The number of hydrogen-bond donors (Lipinski definition) is 3. The Labute approximate surface area is 212 Å². The molecule has 0 saturated carbocycles. The maximum absolute atomic E-state index is 12.9. The highest BCUT2D eigenvalue weighted by molar-refractivity contribution is 7.13. The number of anilines is 4. The molecule has 0 bridgehead atoms. The number of carbonyl (C=O) groups is 1. The van der Waals surface area contributed by atoms with Crippen molar-refractivity contribution in [3.8, 4) is 5.75 Å². The van der Waals surface area contributed by atoms with E-state index >= 15 is 0 Å². The van der Waals surface area contributed by atoms with E-state index in [2.05, 4.69) is 15.6 Å². The van der Waals surface area contributed by atoms with Crippen molar-refractivity contribution in [2.24, 2.45) is 0 Å². The number of amides is 1. The summed E-state index contributed by atoms with van der Waals surface area (Å²) in [5, 5.41) is 17.6. The molecular weight excluding hydrogens is 482 g/mol. The summed E-state index contributed by atoms with van der Waals surface area (Å²) in [7, 11) is 5.43. The molecule has 188 valence electrons. The number of thiazole rings is 1. The molecule has 0 spiro atoms. The van der Waals surface area contributed by atoms with E-state index in [0.29, 0.717) is 47.5 Å². The van der Waals surface area contributed by atoms with Crippen molar-refractivity contribution in [2.45, 2.75) is 13.0 Å². The molecule has 3 aromatic rings. The van der Waals surface area contributed by atoms with Crippen LogP contribution in [0.1, 0.15) is 20.4 Å². The first kappa shape index (κ1) is 24.8. The molecule has 1 aliphatic rings. The van der Waals surface area contributed by atoms with Crippen LogP contribution in [0.2, 0.25) is 0 Å². The second kappa shape index (κ2) is 10.5. The zero-order chi connectivity index (χ0) is 25.8. The molecule has 2 aromatic carbocycles. The molecule has 0 saturated heterocycles. The number of methoxy groups -OCH3 is 1. The third kappa shape index (κ3) is 5.66. The van der Waals surface area contributed by atoms with Crippen molar-refractivity contribution in [3.05, 3.63) is 80.2 Å². The standard InChI is InChI=1S/C24H27N7O4S/c1-29(2)16-6-4-15(5-7-16)26-22(14-31(33)34)30-11-10-19-21(13-30)36-24(28-19)23(32)27-20-12-17(35-3)8-9-18(20)25/h4-9,12,14,26H,10-11,13,25H2,1-3H3,(H,27,32)/b22-14-. The summed E-state index contributed by atoms with van der Waals surface area (Å²) in [5.74, 6) is 0.565. The summed E-state index contributed by atoms with van der Waals surface area (Å²) in [6, 6.07) is 12.6. The van der Waals surface area contributed by atoms with Gasteiger partial charge in [-0.15, -0.1) is 11.3 Å². The second-order valence-electron chi connectivity index (χ2n) is 8.33. The zero-order valence-electron chi connectivity index (χ0n) is 20.1. The van der Waals surface area contributed by atoms with Gasteiger partial charge in [0.1, 0.15) is 5.75 Å². The van der Waals surface area contributed by atoms with Crippen LogP contribution in [0.15, 0.2) is 54.5 Å². The molecular formula is C24H27N7O4S. The van der Waals surface area contributed by atoms with Crippen molar-refractivity contribution in [1.29, 1.82) is 0 Å². The molecule has 12 heteroatoms. The van der Waals surface area contributed by atoms with Crippen LogP contribution in [-0.2, 0) is 13.0 Å². The van der Waals surface area contributed by atoms with Crippen molar-refractivity contribution in [3.63, 3.8) is 0 Å². The van der Waals surface area contributed by atoms with Crippen LogP contribution in [0.5, 0.6) is 5.75 Å². The van der Waals surface area contributed by atoms with E-state index in [1.807, 2.05) is 48.2 Å². The van der Waals surface area contributed by atoms with Crippen LogP contribution in [0.3, 0.4) is 0 Å². The Hall–Kier alpha value is -4.32. The van der Waals surface area contributed by atoms with Crippen LogP contribution in [-0.4, -0.2) is 48.5 Å². The first-order valence-corrected chi connectivity index (χ1v) is 11.9. The third-order valence-corrected chi connectivity index (χ3v) is 6.74. The molecule has 4 N–H and O–H groups in total. The van der Waals surface area contributed by atoms with Crippen molar-refractivity contribution >= 4 is 40.0 Å². The van der Waals surface area contributed by atoms with Gasteiger partial charge in [0.05, 0.1) is 35.6 Å². The minimum Gasteiger partial charge on any atom is -0.497 e. The lowest BCUT2D eigenvalue weighted by atomic mass is 10.2. The summed E-state index contributed by atoms with van der Waals surface area (Å²) in [5.41, 5.74) is 9.41. The number of rotatable bonds is 8. The van der Waals surface area contributed by atoms with Gasteiger partial charge in [0.2, 0.25) is 0 Å². The van der Waals surface area contributed by atoms with Gasteiger partial charge < -0.3 is 30.9 Å². The number of nitrogen functional groups attached to an aromatic ring is 1. The van der Waals surface area contributed by atoms with Gasteiger partial charge in [0.15, 0.2) is 10.8 Å². The van der Waals surface area contributed by atoms with E-state index in [1.165, 1.54) is 18.4 Å². The normalized spacial score (nSPS) is 13.1. The van der Waals surface area contributed by atoms with E-state index in [1.54, 1.807) is 18.2 Å². The quantitative estimate of drug-likeness (QED) is 0.236. The largest absolute Gasteiger partial charge is 0.497 e. The number of aromatic nitrogens is 1. The van der Waals surface area contributed by atoms with Gasteiger partial charge in [0, 0.05) is 49.4 Å². The van der Waals surface area contributed by atoms with Gasteiger partial charge >= 0.3 is 0 Å². The molecule has 0 fully saturated rings. The molecule has 11 nitrogen and oxygen atoms in total. The molecule has 0 atom stereocenters. The molecule has 1 aliphatic heterocycles. The fraction of sp³-hybridized carbons (Fsp3) is 0.250. The van der Waals surface area contributed by atoms with Crippen LogP contribution in [0.4, 0.5) is 22.7 Å². The average molecular weight is 510 g/mol. The number of nitro groups is 1. The zero-order valence-corrected chi connectivity index (χ0v) is 21.0. The van der Waals surface area contributed by atoms with E-state index in [0.717, 1.165) is 28.1 Å². The van der Waals surface area contributed by atoms with E-state index in [9.17, 15) is 14.9 Å². The smallest absolute Gasteiger partial charge is 0.284 e. The number of benzene rings is 2. The maximum atomic E-state index is 12.9. The first-order chi connectivity index (χ1) is 17.2. The minimum absolute atomic E-state index is 0.302. The predicted molar refractivity (Wildman–Crippen MR) is 141 cm³/mol. The van der Waals surface area contributed by atoms with Gasteiger partial charge in [0.25, 0.3) is 12.1 Å². The van der Waals surface area contributed by atoms with Crippen LogP contribution in [0, 0.1) is 10.1 Å². The van der Waals surface area contributed by atoms with Gasteiger partial charge in [-0.25, -0.2) is 4.98 Å². The number of hydrogen-bond acceptors (Lipinski definition) is 10. The molecule has 36 heavy (non-hydrogen) atoms. The number of nitrogens with two attached hydrogens (primary N) is 1. The molecule has 1 amide bonds. The lowest BCUT2D eigenvalue weighted by molar-refractivity contribution is -0.404.